The molecule has 17 heavy (non-hydrogen) atoms. The van der Waals surface area contributed by atoms with Crippen LogP contribution in [0.2, 0.25) is 5.02 Å². The van der Waals surface area contributed by atoms with Gasteiger partial charge in [0, 0.05) is 16.1 Å². The molecule has 0 radical (unpaired) electrons. The van der Waals surface area contributed by atoms with Crippen LogP contribution in [0, 0.1) is 23.0 Å². The maximum Gasteiger partial charge on any atom is 0.132 e. The molecule has 0 bridgehead atoms. The predicted octanol–water partition coefficient (Wildman–Crippen LogP) is 4.16. The molecule has 84 valence electrons. The highest BCUT2D eigenvalue weighted by Crippen LogP contribution is 2.27. The molecule has 2 rings (SSSR count). The van der Waals surface area contributed by atoms with Gasteiger partial charge in [0.15, 0.2) is 0 Å². The topological polar surface area (TPSA) is 23.8 Å². The van der Waals surface area contributed by atoms with Crippen LogP contribution in [-0.2, 0) is 0 Å². The van der Waals surface area contributed by atoms with Crippen LogP contribution in [-0.4, -0.2) is 0 Å². The van der Waals surface area contributed by atoms with Crippen LogP contribution >= 0.6 is 11.6 Å². The molecule has 0 fully saturated rings. The average molecular weight is 250 g/mol. The highest BCUT2D eigenvalue weighted by atomic mass is 35.5. The van der Waals surface area contributed by atoms with Gasteiger partial charge in [0.25, 0.3) is 0 Å². The summed E-state index contributed by atoms with van der Waals surface area (Å²) in [5.74, 6) is -1.23. The van der Waals surface area contributed by atoms with Gasteiger partial charge in [-0.1, -0.05) is 17.7 Å². The first-order valence-corrected chi connectivity index (χ1v) is 5.14. The average Bonchev–Trinajstić information content (AvgIpc) is 2.30. The van der Waals surface area contributed by atoms with E-state index in [0.717, 1.165) is 12.1 Å². The van der Waals surface area contributed by atoms with Crippen molar-refractivity contribution in [3.8, 4) is 17.2 Å². The van der Waals surface area contributed by atoms with Crippen LogP contribution in [0.1, 0.15) is 5.56 Å². The third-order valence-corrected chi connectivity index (χ3v) is 2.55. The van der Waals surface area contributed by atoms with Gasteiger partial charge in [-0.25, -0.2) is 8.78 Å². The maximum atomic E-state index is 13.7. The van der Waals surface area contributed by atoms with Crippen LogP contribution in [0.5, 0.6) is 0 Å². The molecule has 0 aliphatic rings. The van der Waals surface area contributed by atoms with Gasteiger partial charge in [0.05, 0.1) is 11.6 Å². The summed E-state index contributed by atoms with van der Waals surface area (Å²) in [5, 5.41) is 8.86. The summed E-state index contributed by atoms with van der Waals surface area (Å²) in [4.78, 5) is 0. The second-order valence-electron chi connectivity index (χ2n) is 3.43. The highest BCUT2D eigenvalue weighted by Gasteiger charge is 2.10. The molecule has 0 saturated heterocycles. The molecule has 2 aromatic rings. The molecule has 0 aliphatic heterocycles. The Kier molecular flexibility index (Phi) is 3.08. The standard InChI is InChI=1S/C13H6ClF2N/c14-9-2-4-11(13(16)6-9)10-3-1-8(7-17)5-12(10)15/h1-6H. The summed E-state index contributed by atoms with van der Waals surface area (Å²) in [6.07, 6.45) is 0. The number of hydrogen-bond acceptors (Lipinski definition) is 1. The molecular weight excluding hydrogens is 244 g/mol. The lowest BCUT2D eigenvalue weighted by Crippen LogP contribution is -1.89. The fourth-order valence-corrected chi connectivity index (χ4v) is 1.67. The fourth-order valence-electron chi connectivity index (χ4n) is 1.51. The van der Waals surface area contributed by atoms with E-state index in [4.69, 9.17) is 16.9 Å². The monoisotopic (exact) mass is 249 g/mol. The molecule has 0 atom stereocenters. The summed E-state index contributed by atoms with van der Waals surface area (Å²) in [5.41, 5.74) is 0.426. The van der Waals surface area contributed by atoms with Crippen molar-refractivity contribution in [3.05, 3.63) is 58.6 Å². The van der Waals surface area contributed by atoms with E-state index in [2.05, 4.69) is 0 Å². The van der Waals surface area contributed by atoms with E-state index >= 15 is 0 Å². The largest absolute Gasteiger partial charge is 0.206 e. The Morgan fingerprint density at radius 3 is 2.06 bits per heavy atom. The Balaban J connectivity index is 2.58. The van der Waals surface area contributed by atoms with E-state index in [1.54, 1.807) is 0 Å². The lowest BCUT2D eigenvalue weighted by molar-refractivity contribution is 0.616. The van der Waals surface area contributed by atoms with Gasteiger partial charge < -0.3 is 0 Å². The lowest BCUT2D eigenvalue weighted by Gasteiger charge is -2.05. The molecule has 0 N–H and O–H groups in total. The van der Waals surface area contributed by atoms with Crippen LogP contribution in [0.4, 0.5) is 8.78 Å². The van der Waals surface area contributed by atoms with E-state index in [1.165, 1.54) is 24.3 Å². The molecular formula is C13H6ClF2N. The van der Waals surface area contributed by atoms with E-state index < -0.39 is 11.6 Å². The second kappa shape index (κ2) is 4.52. The third-order valence-electron chi connectivity index (χ3n) is 2.32. The molecule has 0 saturated carbocycles. The SMILES string of the molecule is N#Cc1ccc(-c2ccc(Cl)cc2F)c(F)c1. The van der Waals surface area contributed by atoms with Gasteiger partial charge in [-0.05, 0) is 30.3 Å². The lowest BCUT2D eigenvalue weighted by atomic mass is 10.0. The summed E-state index contributed by atoms with van der Waals surface area (Å²) in [6, 6.07) is 9.71. The first-order chi connectivity index (χ1) is 8.11. The zero-order valence-corrected chi connectivity index (χ0v) is 9.30. The van der Waals surface area contributed by atoms with Crippen molar-refractivity contribution in [2.45, 2.75) is 0 Å². The fraction of sp³-hybridized carbons (Fsp3) is 0. The Bertz CT molecular complexity index is 617. The minimum atomic E-state index is -0.634. The number of nitriles is 1. The predicted molar refractivity (Wildman–Crippen MR) is 61.5 cm³/mol. The Morgan fingerprint density at radius 2 is 1.53 bits per heavy atom. The molecule has 0 heterocycles. The Morgan fingerprint density at radius 1 is 0.941 bits per heavy atom. The van der Waals surface area contributed by atoms with Crippen LogP contribution in [0.15, 0.2) is 36.4 Å². The van der Waals surface area contributed by atoms with Crippen molar-refractivity contribution in [2.75, 3.05) is 0 Å². The molecule has 0 aliphatic carbocycles. The van der Waals surface area contributed by atoms with Gasteiger partial charge >= 0.3 is 0 Å². The number of rotatable bonds is 1. The van der Waals surface area contributed by atoms with Crippen molar-refractivity contribution in [2.24, 2.45) is 0 Å². The van der Waals surface area contributed by atoms with Crippen molar-refractivity contribution >= 4 is 11.6 Å². The molecule has 0 aromatic heterocycles. The van der Waals surface area contributed by atoms with Crippen LogP contribution < -0.4 is 0 Å². The summed E-state index contributed by atoms with van der Waals surface area (Å²) in [7, 11) is 0. The molecule has 0 spiro atoms. The molecule has 0 amide bonds. The van der Waals surface area contributed by atoms with Gasteiger partial charge in [0.1, 0.15) is 11.6 Å². The second-order valence-corrected chi connectivity index (χ2v) is 3.87. The summed E-state index contributed by atoms with van der Waals surface area (Å²) < 4.78 is 27.2. The molecule has 1 nitrogen and oxygen atoms in total. The highest BCUT2D eigenvalue weighted by molar-refractivity contribution is 6.30. The molecule has 4 heteroatoms. The molecule has 0 unspecified atom stereocenters. The van der Waals surface area contributed by atoms with Gasteiger partial charge in [-0.15, -0.1) is 0 Å². The van der Waals surface area contributed by atoms with Crippen LogP contribution in [0.3, 0.4) is 0 Å². The molecule has 2 aromatic carbocycles. The minimum absolute atomic E-state index is 0.109. The van der Waals surface area contributed by atoms with Gasteiger partial charge in [-0.2, -0.15) is 5.26 Å². The van der Waals surface area contributed by atoms with Gasteiger partial charge in [-0.3, -0.25) is 0 Å². The van der Waals surface area contributed by atoms with E-state index in [-0.39, 0.29) is 21.7 Å². The number of hydrogen-bond donors (Lipinski definition) is 0. The summed E-state index contributed by atoms with van der Waals surface area (Å²) >= 11 is 5.62. The first kappa shape index (κ1) is 11.6. The number of nitrogens with zero attached hydrogens (tertiary/aromatic N) is 1. The Hall–Kier alpha value is -1.92. The first-order valence-electron chi connectivity index (χ1n) is 4.77. The third kappa shape index (κ3) is 2.27. The van der Waals surface area contributed by atoms with E-state index in [0.29, 0.717) is 0 Å². The smallest absolute Gasteiger partial charge is 0.132 e. The maximum absolute atomic E-state index is 13.7. The zero-order chi connectivity index (χ0) is 12.4. The van der Waals surface area contributed by atoms with E-state index in [9.17, 15) is 8.78 Å². The quantitative estimate of drug-likeness (QED) is 0.745. The van der Waals surface area contributed by atoms with Crippen molar-refractivity contribution < 1.29 is 8.78 Å². The van der Waals surface area contributed by atoms with E-state index in [1.807, 2.05) is 6.07 Å². The minimum Gasteiger partial charge on any atom is -0.206 e. The van der Waals surface area contributed by atoms with Gasteiger partial charge in [0.2, 0.25) is 0 Å². The Labute approximate surface area is 102 Å². The zero-order valence-electron chi connectivity index (χ0n) is 8.55. The van der Waals surface area contributed by atoms with Crippen molar-refractivity contribution in [1.82, 2.24) is 0 Å². The van der Waals surface area contributed by atoms with Crippen molar-refractivity contribution in [1.29, 1.82) is 5.26 Å². The van der Waals surface area contributed by atoms with Crippen LogP contribution in [0.25, 0.3) is 11.1 Å². The normalized spacial score (nSPS) is 10.0. The van der Waals surface area contributed by atoms with Crippen molar-refractivity contribution in [3.63, 3.8) is 0 Å². The number of benzene rings is 2. The number of halogens is 3. The summed E-state index contributed by atoms with van der Waals surface area (Å²) in [6.45, 7) is 0.